The molecule has 2 amide bonds. The van der Waals surface area contributed by atoms with Crippen molar-refractivity contribution in [2.75, 3.05) is 26.3 Å². The summed E-state index contributed by atoms with van der Waals surface area (Å²) in [6.07, 6.45) is 2.69. The summed E-state index contributed by atoms with van der Waals surface area (Å²) in [5.41, 5.74) is 0.114. The number of carbonyl (C=O) groups excluding carboxylic acids is 2. The van der Waals surface area contributed by atoms with Crippen LogP contribution >= 0.6 is 11.6 Å². The van der Waals surface area contributed by atoms with Crippen LogP contribution in [0.25, 0.3) is 0 Å². The third-order valence-electron chi connectivity index (χ3n) is 5.93. The Balaban J connectivity index is 1.22. The lowest BCUT2D eigenvalue weighted by Crippen LogP contribution is -2.58. The molecular weight excluding hydrogens is 382 g/mol. The summed E-state index contributed by atoms with van der Waals surface area (Å²) in [7, 11) is 0. The van der Waals surface area contributed by atoms with Gasteiger partial charge < -0.3 is 19.7 Å². The average molecular weight is 404 g/mol. The molecule has 1 N–H and O–H groups in total. The molecule has 1 aliphatic carbocycles. The molecule has 1 spiro atoms. The minimum atomic E-state index is -0.382. The number of ether oxygens (including phenoxy) is 2. The summed E-state index contributed by atoms with van der Waals surface area (Å²) in [5.74, 6) is 1.05. The summed E-state index contributed by atoms with van der Waals surface area (Å²) in [4.78, 5) is 25.8. The molecule has 1 saturated carbocycles. The fraction of sp³-hybridized carbons (Fsp3) is 0.550. The van der Waals surface area contributed by atoms with E-state index in [-0.39, 0.29) is 23.5 Å². The van der Waals surface area contributed by atoms with E-state index in [2.05, 4.69) is 11.4 Å². The fourth-order valence-electron chi connectivity index (χ4n) is 4.27. The van der Waals surface area contributed by atoms with Gasteiger partial charge in [-0.25, -0.2) is 4.79 Å². The molecule has 0 radical (unpaired) electrons. The molecule has 0 aromatic heterocycles. The number of halogens is 1. The highest BCUT2D eigenvalue weighted by Crippen LogP contribution is 2.41. The Hall–Kier alpha value is -2.46. The predicted molar refractivity (Wildman–Crippen MR) is 101 cm³/mol. The maximum absolute atomic E-state index is 12.7. The monoisotopic (exact) mass is 403 g/mol. The summed E-state index contributed by atoms with van der Waals surface area (Å²) in [5, 5.41) is 12.5. The Morgan fingerprint density at radius 1 is 1.39 bits per heavy atom. The molecule has 2 heterocycles. The summed E-state index contributed by atoms with van der Waals surface area (Å²) < 4.78 is 10.8. The molecule has 0 unspecified atom stereocenters. The van der Waals surface area contributed by atoms with Gasteiger partial charge in [0, 0.05) is 24.0 Å². The van der Waals surface area contributed by atoms with Gasteiger partial charge in [-0.2, -0.15) is 5.26 Å². The standard InChI is InChI=1S/C20H22ClN3O4/c21-16-1-2-17(14(7-16)10-22)27-11-13-3-5-24(6-4-13)18(25)15-8-20(9-15)12-28-19(26)23-20/h1-2,7,13,15H,3-6,8-9,11-12H2,(H,23,26)/t15-,20-. The van der Waals surface area contributed by atoms with E-state index in [4.69, 9.17) is 21.1 Å². The fourth-order valence-corrected chi connectivity index (χ4v) is 4.44. The summed E-state index contributed by atoms with van der Waals surface area (Å²) >= 11 is 5.91. The van der Waals surface area contributed by atoms with E-state index in [1.54, 1.807) is 18.2 Å². The smallest absolute Gasteiger partial charge is 0.407 e. The van der Waals surface area contributed by atoms with Gasteiger partial charge in [-0.1, -0.05) is 11.6 Å². The minimum absolute atomic E-state index is 0.0259. The van der Waals surface area contributed by atoms with E-state index in [9.17, 15) is 14.9 Å². The Bertz CT molecular complexity index is 823. The minimum Gasteiger partial charge on any atom is -0.492 e. The topological polar surface area (TPSA) is 91.7 Å². The average Bonchev–Trinajstić information content (AvgIpc) is 3.08. The van der Waals surface area contributed by atoms with Gasteiger partial charge >= 0.3 is 6.09 Å². The Labute approximate surface area is 168 Å². The van der Waals surface area contributed by atoms with Crippen molar-refractivity contribution < 1.29 is 19.1 Å². The molecule has 3 fully saturated rings. The number of rotatable bonds is 4. The van der Waals surface area contributed by atoms with Crippen LogP contribution in [0.3, 0.4) is 0 Å². The number of benzene rings is 1. The molecule has 4 rings (SSSR count). The molecule has 0 bridgehead atoms. The van der Waals surface area contributed by atoms with Gasteiger partial charge in [0.1, 0.15) is 18.4 Å². The van der Waals surface area contributed by atoms with Crippen molar-refractivity contribution in [2.24, 2.45) is 11.8 Å². The SMILES string of the molecule is N#Cc1cc(Cl)ccc1OCC1CCN(C(=O)[C@H]2C[C@@]3(COC(=O)N3)C2)CC1. The first-order valence-electron chi connectivity index (χ1n) is 9.54. The molecule has 1 aromatic carbocycles. The lowest BCUT2D eigenvalue weighted by Gasteiger charge is -2.44. The number of carbonyl (C=O) groups is 2. The van der Waals surface area contributed by atoms with Crippen LogP contribution in [0.15, 0.2) is 18.2 Å². The number of alkyl carbamates (subject to hydrolysis) is 1. The van der Waals surface area contributed by atoms with Gasteiger partial charge in [-0.15, -0.1) is 0 Å². The van der Waals surface area contributed by atoms with Crippen LogP contribution in [0.2, 0.25) is 5.02 Å². The molecule has 28 heavy (non-hydrogen) atoms. The second kappa shape index (κ2) is 7.51. The highest BCUT2D eigenvalue weighted by Gasteiger charge is 2.53. The van der Waals surface area contributed by atoms with Gasteiger partial charge in [0.2, 0.25) is 5.91 Å². The van der Waals surface area contributed by atoms with Crippen molar-refractivity contribution in [1.82, 2.24) is 10.2 Å². The van der Waals surface area contributed by atoms with Gasteiger partial charge in [0.05, 0.1) is 17.7 Å². The summed E-state index contributed by atoms with van der Waals surface area (Å²) in [6.45, 7) is 2.31. The van der Waals surface area contributed by atoms with E-state index in [1.165, 1.54) is 0 Å². The number of hydrogen-bond donors (Lipinski definition) is 1. The zero-order valence-corrected chi connectivity index (χ0v) is 16.2. The van der Waals surface area contributed by atoms with E-state index in [1.807, 2.05) is 4.90 Å². The number of nitriles is 1. The van der Waals surface area contributed by atoms with Crippen molar-refractivity contribution in [1.29, 1.82) is 5.26 Å². The third-order valence-corrected chi connectivity index (χ3v) is 6.17. The maximum Gasteiger partial charge on any atom is 0.407 e. The molecule has 2 aliphatic heterocycles. The normalized spacial score (nSPS) is 26.9. The summed E-state index contributed by atoms with van der Waals surface area (Å²) in [6, 6.07) is 7.13. The molecule has 7 nitrogen and oxygen atoms in total. The second-order valence-corrected chi connectivity index (χ2v) is 8.36. The van der Waals surface area contributed by atoms with E-state index in [0.717, 1.165) is 12.8 Å². The van der Waals surface area contributed by atoms with Crippen LogP contribution in [0.5, 0.6) is 5.75 Å². The van der Waals surface area contributed by atoms with Crippen LogP contribution < -0.4 is 10.1 Å². The molecule has 0 atom stereocenters. The first-order chi connectivity index (χ1) is 13.5. The first-order valence-corrected chi connectivity index (χ1v) is 9.92. The number of hydrogen-bond acceptors (Lipinski definition) is 5. The quantitative estimate of drug-likeness (QED) is 0.834. The van der Waals surface area contributed by atoms with Gasteiger partial charge in [-0.05, 0) is 49.8 Å². The van der Waals surface area contributed by atoms with Crippen LogP contribution in [-0.2, 0) is 9.53 Å². The van der Waals surface area contributed by atoms with Crippen molar-refractivity contribution in [3.8, 4) is 11.8 Å². The molecule has 8 heteroatoms. The van der Waals surface area contributed by atoms with Crippen molar-refractivity contribution in [3.63, 3.8) is 0 Å². The molecule has 1 aromatic rings. The highest BCUT2D eigenvalue weighted by molar-refractivity contribution is 6.30. The number of cyclic esters (lactones) is 1. The zero-order valence-electron chi connectivity index (χ0n) is 15.4. The van der Waals surface area contributed by atoms with Crippen molar-refractivity contribution >= 4 is 23.6 Å². The Morgan fingerprint density at radius 2 is 2.14 bits per heavy atom. The van der Waals surface area contributed by atoms with Crippen LogP contribution in [-0.4, -0.2) is 48.7 Å². The van der Waals surface area contributed by atoms with Crippen LogP contribution in [0, 0.1) is 23.2 Å². The first kappa shape index (κ1) is 18.9. The number of likely N-dealkylation sites (tertiary alicyclic amines) is 1. The Morgan fingerprint density at radius 3 is 2.79 bits per heavy atom. The number of amides is 2. The van der Waals surface area contributed by atoms with Crippen molar-refractivity contribution in [2.45, 2.75) is 31.2 Å². The molecule has 3 aliphatic rings. The maximum atomic E-state index is 12.7. The number of nitrogens with zero attached hydrogens (tertiary/aromatic N) is 2. The molecule has 2 saturated heterocycles. The Kier molecular flexibility index (Phi) is 5.07. The second-order valence-electron chi connectivity index (χ2n) is 7.92. The van der Waals surface area contributed by atoms with Gasteiger partial charge in [-0.3, -0.25) is 4.79 Å². The van der Waals surface area contributed by atoms with Gasteiger partial charge in [0.15, 0.2) is 0 Å². The van der Waals surface area contributed by atoms with E-state index >= 15 is 0 Å². The van der Waals surface area contributed by atoms with E-state index in [0.29, 0.717) is 61.4 Å². The third kappa shape index (κ3) is 3.74. The highest BCUT2D eigenvalue weighted by atomic mass is 35.5. The lowest BCUT2D eigenvalue weighted by molar-refractivity contribution is -0.142. The molecular formula is C20H22ClN3O4. The zero-order chi connectivity index (χ0) is 19.7. The van der Waals surface area contributed by atoms with Crippen LogP contribution in [0.1, 0.15) is 31.2 Å². The predicted octanol–water partition coefficient (Wildman–Crippen LogP) is 2.72. The number of piperidine rings is 1. The van der Waals surface area contributed by atoms with Crippen molar-refractivity contribution in [3.05, 3.63) is 28.8 Å². The lowest BCUT2D eigenvalue weighted by atomic mass is 9.68. The largest absolute Gasteiger partial charge is 0.492 e. The number of nitrogens with one attached hydrogen (secondary N) is 1. The van der Waals surface area contributed by atoms with E-state index < -0.39 is 0 Å². The van der Waals surface area contributed by atoms with Gasteiger partial charge in [0.25, 0.3) is 0 Å². The molecule has 148 valence electrons. The van der Waals surface area contributed by atoms with Crippen LogP contribution in [0.4, 0.5) is 4.79 Å².